The number of carbonyl (C=O) groups is 1. The van der Waals surface area contributed by atoms with Gasteiger partial charge in [-0.2, -0.15) is 0 Å². The molecule has 2 aliphatic heterocycles. The van der Waals surface area contributed by atoms with Crippen LogP contribution in [-0.2, 0) is 6.54 Å². The van der Waals surface area contributed by atoms with E-state index in [1.54, 1.807) is 0 Å². The Bertz CT molecular complexity index is 956. The maximum absolute atomic E-state index is 12.5. The van der Waals surface area contributed by atoms with E-state index in [1.165, 1.54) is 5.56 Å². The summed E-state index contributed by atoms with van der Waals surface area (Å²) in [7, 11) is 0. The molecule has 0 radical (unpaired) electrons. The lowest BCUT2D eigenvalue weighted by atomic mass is 9.97. The zero-order chi connectivity index (χ0) is 19.6. The van der Waals surface area contributed by atoms with Crippen LogP contribution in [0.5, 0.6) is 0 Å². The van der Waals surface area contributed by atoms with Crippen molar-refractivity contribution < 1.29 is 9.21 Å². The second-order valence-corrected chi connectivity index (χ2v) is 8.29. The van der Waals surface area contributed by atoms with Gasteiger partial charge in [-0.1, -0.05) is 24.3 Å². The quantitative estimate of drug-likeness (QED) is 0.662. The van der Waals surface area contributed by atoms with Crippen molar-refractivity contribution in [2.45, 2.75) is 38.1 Å². The van der Waals surface area contributed by atoms with E-state index < -0.39 is 0 Å². The van der Waals surface area contributed by atoms with Gasteiger partial charge in [-0.05, 0) is 62.1 Å². The van der Waals surface area contributed by atoms with E-state index in [0.29, 0.717) is 5.92 Å². The Hall–Kier alpha value is -2.66. The summed E-state index contributed by atoms with van der Waals surface area (Å²) in [6, 6.07) is 16.2. The fraction of sp³-hybridized carbons (Fsp3) is 0.417. The molecule has 1 unspecified atom stereocenters. The van der Waals surface area contributed by atoms with Crippen LogP contribution >= 0.6 is 0 Å². The lowest BCUT2D eigenvalue weighted by Crippen LogP contribution is -2.34. The number of carbonyl (C=O) groups excluding carboxylic acids is 1. The van der Waals surface area contributed by atoms with Crippen molar-refractivity contribution in [1.82, 2.24) is 14.8 Å². The van der Waals surface area contributed by atoms with Gasteiger partial charge in [-0.25, -0.2) is 4.98 Å². The van der Waals surface area contributed by atoms with Crippen LogP contribution in [0.15, 0.2) is 52.9 Å². The number of fused-ring (bicyclic) bond motifs is 1. The summed E-state index contributed by atoms with van der Waals surface area (Å²) >= 11 is 0. The van der Waals surface area contributed by atoms with Crippen molar-refractivity contribution in [3.63, 3.8) is 0 Å². The molecule has 1 atom stereocenters. The highest BCUT2D eigenvalue weighted by atomic mass is 16.3. The van der Waals surface area contributed by atoms with E-state index >= 15 is 0 Å². The number of benzene rings is 2. The van der Waals surface area contributed by atoms with Crippen LogP contribution in [0.4, 0.5) is 0 Å². The molecule has 1 amide bonds. The summed E-state index contributed by atoms with van der Waals surface area (Å²) in [4.78, 5) is 21.7. The molecule has 5 rings (SSSR count). The summed E-state index contributed by atoms with van der Waals surface area (Å²) in [5, 5.41) is 0. The van der Waals surface area contributed by atoms with Crippen LogP contribution in [0.2, 0.25) is 0 Å². The molecule has 3 aromatic rings. The van der Waals surface area contributed by atoms with Gasteiger partial charge in [0, 0.05) is 37.7 Å². The number of hydrogen-bond donors (Lipinski definition) is 0. The minimum absolute atomic E-state index is 0.169. The molecule has 0 aliphatic carbocycles. The van der Waals surface area contributed by atoms with Crippen LogP contribution in [0.25, 0.3) is 11.1 Å². The number of nitrogens with zero attached hydrogens (tertiary/aromatic N) is 3. The topological polar surface area (TPSA) is 49.6 Å². The Labute approximate surface area is 171 Å². The average molecular weight is 389 g/mol. The number of rotatable bonds is 4. The summed E-state index contributed by atoms with van der Waals surface area (Å²) in [5.41, 5.74) is 3.87. The number of aromatic nitrogens is 1. The second kappa shape index (κ2) is 7.99. The minimum Gasteiger partial charge on any atom is -0.440 e. The van der Waals surface area contributed by atoms with Gasteiger partial charge in [0.1, 0.15) is 5.52 Å². The highest BCUT2D eigenvalue weighted by Gasteiger charge is 2.25. The summed E-state index contributed by atoms with van der Waals surface area (Å²) < 4.78 is 6.02. The fourth-order valence-electron chi connectivity index (χ4n) is 4.58. The lowest BCUT2D eigenvalue weighted by molar-refractivity contribution is 0.0793. The van der Waals surface area contributed by atoms with Crippen molar-refractivity contribution in [1.29, 1.82) is 0 Å². The van der Waals surface area contributed by atoms with Gasteiger partial charge < -0.3 is 9.32 Å². The second-order valence-electron chi connectivity index (χ2n) is 8.29. The normalized spacial score (nSPS) is 20.4. The molecule has 2 saturated heterocycles. The molecule has 5 nitrogen and oxygen atoms in total. The Balaban J connectivity index is 1.23. The fourth-order valence-corrected chi connectivity index (χ4v) is 4.58. The molecule has 3 heterocycles. The maximum Gasteiger partial charge on any atom is 0.253 e. The third-order valence-electron chi connectivity index (χ3n) is 6.17. The molecule has 0 saturated carbocycles. The SMILES string of the molecule is O=C(c1ccc(CN2CCCC(c3nc4ccccc4o3)C2)cc1)N1CCCC1. The average Bonchev–Trinajstić information content (AvgIpc) is 3.44. The first-order chi connectivity index (χ1) is 14.3. The number of likely N-dealkylation sites (tertiary alicyclic amines) is 2. The van der Waals surface area contributed by atoms with Crippen molar-refractivity contribution in [3.05, 3.63) is 65.5 Å². The Morgan fingerprint density at radius 3 is 2.59 bits per heavy atom. The third kappa shape index (κ3) is 3.92. The van der Waals surface area contributed by atoms with E-state index in [0.717, 1.165) is 81.0 Å². The molecule has 1 aromatic heterocycles. The standard InChI is InChI=1S/C24H27N3O2/c28-24(27-14-3-4-15-27)19-11-9-18(10-12-19)16-26-13-5-6-20(17-26)23-25-21-7-1-2-8-22(21)29-23/h1-2,7-12,20H,3-6,13-17H2. The van der Waals surface area contributed by atoms with Crippen molar-refractivity contribution in [2.24, 2.45) is 0 Å². The van der Waals surface area contributed by atoms with E-state index in [2.05, 4.69) is 17.0 Å². The number of amides is 1. The van der Waals surface area contributed by atoms with E-state index in [4.69, 9.17) is 9.40 Å². The summed E-state index contributed by atoms with van der Waals surface area (Å²) in [5.74, 6) is 1.37. The maximum atomic E-state index is 12.5. The Morgan fingerprint density at radius 2 is 1.79 bits per heavy atom. The summed E-state index contributed by atoms with van der Waals surface area (Å²) in [6.45, 7) is 4.73. The van der Waals surface area contributed by atoms with Crippen LogP contribution in [-0.4, -0.2) is 46.9 Å². The van der Waals surface area contributed by atoms with Crippen LogP contribution < -0.4 is 0 Å². The zero-order valence-electron chi connectivity index (χ0n) is 16.7. The molecule has 29 heavy (non-hydrogen) atoms. The molecule has 2 aliphatic rings. The van der Waals surface area contributed by atoms with E-state index in [1.807, 2.05) is 41.3 Å². The molecule has 150 valence electrons. The smallest absolute Gasteiger partial charge is 0.253 e. The van der Waals surface area contributed by atoms with E-state index in [-0.39, 0.29) is 5.91 Å². The third-order valence-corrected chi connectivity index (χ3v) is 6.17. The minimum atomic E-state index is 0.169. The van der Waals surface area contributed by atoms with Crippen LogP contribution in [0.1, 0.15) is 53.4 Å². The van der Waals surface area contributed by atoms with Crippen molar-refractivity contribution in [2.75, 3.05) is 26.2 Å². The van der Waals surface area contributed by atoms with Crippen LogP contribution in [0.3, 0.4) is 0 Å². The molecule has 2 fully saturated rings. The Kier molecular flexibility index (Phi) is 5.06. The first-order valence-corrected chi connectivity index (χ1v) is 10.7. The molecular formula is C24H27N3O2. The number of oxazole rings is 1. The predicted molar refractivity (Wildman–Crippen MR) is 113 cm³/mol. The zero-order valence-corrected chi connectivity index (χ0v) is 16.7. The van der Waals surface area contributed by atoms with Gasteiger partial charge in [0.2, 0.25) is 0 Å². The van der Waals surface area contributed by atoms with E-state index in [9.17, 15) is 4.79 Å². The number of para-hydroxylation sites is 2. The monoisotopic (exact) mass is 389 g/mol. The van der Waals surface area contributed by atoms with Gasteiger partial charge in [0.05, 0.1) is 0 Å². The number of piperidine rings is 1. The molecule has 2 aromatic carbocycles. The van der Waals surface area contributed by atoms with Gasteiger partial charge in [-0.15, -0.1) is 0 Å². The molecule has 5 heteroatoms. The molecule has 0 bridgehead atoms. The molecule has 0 N–H and O–H groups in total. The van der Waals surface area contributed by atoms with Gasteiger partial charge >= 0.3 is 0 Å². The lowest BCUT2D eigenvalue weighted by Gasteiger charge is -2.31. The van der Waals surface area contributed by atoms with Crippen molar-refractivity contribution >= 4 is 17.0 Å². The van der Waals surface area contributed by atoms with Crippen molar-refractivity contribution in [3.8, 4) is 0 Å². The van der Waals surface area contributed by atoms with Crippen LogP contribution in [0, 0.1) is 0 Å². The molecular weight excluding hydrogens is 362 g/mol. The highest BCUT2D eigenvalue weighted by Crippen LogP contribution is 2.29. The van der Waals surface area contributed by atoms with Gasteiger partial charge in [-0.3, -0.25) is 9.69 Å². The highest BCUT2D eigenvalue weighted by molar-refractivity contribution is 5.94. The summed E-state index contributed by atoms with van der Waals surface area (Å²) in [6.07, 6.45) is 4.52. The number of hydrogen-bond acceptors (Lipinski definition) is 4. The first-order valence-electron chi connectivity index (χ1n) is 10.7. The predicted octanol–water partition coefficient (Wildman–Crippen LogP) is 4.44. The van der Waals surface area contributed by atoms with Gasteiger partial charge in [0.25, 0.3) is 5.91 Å². The largest absolute Gasteiger partial charge is 0.440 e. The van der Waals surface area contributed by atoms with Gasteiger partial charge in [0.15, 0.2) is 11.5 Å². The Morgan fingerprint density at radius 1 is 1.00 bits per heavy atom. The molecule has 0 spiro atoms. The first kappa shape index (κ1) is 18.4.